The third-order valence-corrected chi connectivity index (χ3v) is 5.23. The molecule has 0 aliphatic carbocycles. The minimum absolute atomic E-state index is 0.0207. The Bertz CT molecular complexity index is 932. The molecule has 15 heteroatoms. The molecule has 0 atom stereocenters. The third kappa shape index (κ3) is 7.86. The van der Waals surface area contributed by atoms with Crippen LogP contribution < -0.4 is 22.1 Å². The molecule has 8 N–H and O–H groups in total. The topological polar surface area (TPSA) is 208 Å². The van der Waals surface area contributed by atoms with Crippen LogP contribution in [0.5, 0.6) is 0 Å². The van der Waals surface area contributed by atoms with E-state index in [2.05, 4.69) is 35.0 Å². The third-order valence-electron chi connectivity index (χ3n) is 3.72. The van der Waals surface area contributed by atoms with E-state index in [-0.39, 0.29) is 28.4 Å². The first-order valence-corrected chi connectivity index (χ1v) is 11.0. The first kappa shape index (κ1) is 24.0. The van der Waals surface area contributed by atoms with Gasteiger partial charge in [0.25, 0.3) is 10.1 Å². The highest BCUT2D eigenvalue weighted by Crippen LogP contribution is 2.32. The second-order valence-electron chi connectivity index (χ2n) is 5.95. The van der Waals surface area contributed by atoms with E-state index in [1.807, 2.05) is 0 Å². The predicted molar refractivity (Wildman–Crippen MR) is 110 cm³/mol. The summed E-state index contributed by atoms with van der Waals surface area (Å²) in [4.78, 5) is 12.1. The number of unbranched alkanes of at least 4 members (excludes halogenated alkanes) is 3. The van der Waals surface area contributed by atoms with Gasteiger partial charge in [0.1, 0.15) is 0 Å². The lowest BCUT2D eigenvalue weighted by atomic mass is 10.2. The van der Waals surface area contributed by atoms with Crippen molar-refractivity contribution in [1.82, 2.24) is 15.0 Å². The summed E-state index contributed by atoms with van der Waals surface area (Å²) in [5.74, 6) is 0.194. The normalized spacial score (nSPS) is 11.4. The van der Waals surface area contributed by atoms with Crippen LogP contribution in [-0.4, -0.2) is 46.3 Å². The molecule has 166 valence electrons. The van der Waals surface area contributed by atoms with Gasteiger partial charge in [-0.1, -0.05) is 17.9 Å². The van der Waals surface area contributed by atoms with Gasteiger partial charge in [-0.3, -0.25) is 4.55 Å². The van der Waals surface area contributed by atoms with Crippen molar-refractivity contribution >= 4 is 45.7 Å². The lowest BCUT2D eigenvalue weighted by Crippen LogP contribution is -2.11. The number of nitrogens with one attached hydrogen (secondary N) is 2. The van der Waals surface area contributed by atoms with Gasteiger partial charge in [-0.2, -0.15) is 23.4 Å². The van der Waals surface area contributed by atoms with E-state index in [4.69, 9.17) is 16.7 Å². The van der Waals surface area contributed by atoms with Crippen molar-refractivity contribution < 1.29 is 27.6 Å². The van der Waals surface area contributed by atoms with Gasteiger partial charge in [0.15, 0.2) is 0 Å². The number of anilines is 4. The Morgan fingerprint density at radius 3 is 2.53 bits per heavy atom. The number of benzene rings is 1. The summed E-state index contributed by atoms with van der Waals surface area (Å²) in [5, 5.41) is 17.7. The van der Waals surface area contributed by atoms with Gasteiger partial charge >= 0.3 is 0 Å². The van der Waals surface area contributed by atoms with Crippen LogP contribution in [0.15, 0.2) is 28.0 Å². The molecule has 0 spiro atoms. The number of nitrogen functional groups attached to an aromatic ring is 1. The Morgan fingerprint density at radius 2 is 1.83 bits per heavy atom. The minimum Gasteiger partial charge on any atom is -0.368 e. The van der Waals surface area contributed by atoms with Crippen molar-refractivity contribution in [2.24, 2.45) is 5.73 Å². The van der Waals surface area contributed by atoms with Crippen LogP contribution in [0.2, 0.25) is 0 Å². The molecule has 2 rings (SSSR count). The molecular formula is C15H23N7O6S2. The fraction of sp³-hybridized carbons (Fsp3) is 0.400. The van der Waals surface area contributed by atoms with Crippen molar-refractivity contribution in [1.29, 1.82) is 0 Å². The quantitative estimate of drug-likeness (QED) is 0.0826. The highest BCUT2D eigenvalue weighted by molar-refractivity contribution is 7.94. The maximum atomic E-state index is 11.4. The van der Waals surface area contributed by atoms with E-state index in [9.17, 15) is 13.0 Å². The lowest BCUT2D eigenvalue weighted by Gasteiger charge is -2.12. The van der Waals surface area contributed by atoms with E-state index in [1.54, 1.807) is 0 Å². The highest BCUT2D eigenvalue weighted by atomic mass is 32.2. The molecule has 0 amide bonds. The van der Waals surface area contributed by atoms with Crippen LogP contribution in [0.3, 0.4) is 0 Å². The van der Waals surface area contributed by atoms with Gasteiger partial charge in [-0.05, 0) is 37.6 Å². The first-order chi connectivity index (χ1) is 14.3. The van der Waals surface area contributed by atoms with Gasteiger partial charge in [-0.15, -0.1) is 4.33 Å². The molecule has 0 aliphatic rings. The van der Waals surface area contributed by atoms with E-state index < -0.39 is 10.1 Å². The van der Waals surface area contributed by atoms with Crippen LogP contribution in [-0.2, 0) is 19.5 Å². The smallest absolute Gasteiger partial charge is 0.294 e. The molecule has 30 heavy (non-hydrogen) atoms. The zero-order valence-corrected chi connectivity index (χ0v) is 17.4. The molecule has 2 aromatic rings. The minimum atomic E-state index is -4.46. The summed E-state index contributed by atoms with van der Waals surface area (Å²) in [6.07, 6.45) is 3.91. The number of aromatic nitrogens is 3. The molecule has 0 saturated heterocycles. The number of hydrogen-bond donors (Lipinski definition) is 6. The van der Waals surface area contributed by atoms with Gasteiger partial charge in [0.2, 0.25) is 17.8 Å². The summed E-state index contributed by atoms with van der Waals surface area (Å²) in [6.45, 7) is 1.29. The number of hydrogen-bond acceptors (Lipinski definition) is 13. The molecule has 0 saturated carbocycles. The lowest BCUT2D eigenvalue weighted by molar-refractivity contribution is -0.432. The van der Waals surface area contributed by atoms with E-state index >= 15 is 0 Å². The van der Waals surface area contributed by atoms with Crippen LogP contribution in [0.25, 0.3) is 0 Å². The number of nitrogens with zero attached hydrogens (tertiary/aromatic N) is 3. The van der Waals surface area contributed by atoms with Gasteiger partial charge in [0.05, 0.1) is 27.5 Å². The molecule has 1 aromatic carbocycles. The van der Waals surface area contributed by atoms with Crippen molar-refractivity contribution in [3.8, 4) is 0 Å². The Morgan fingerprint density at radius 1 is 1.10 bits per heavy atom. The maximum absolute atomic E-state index is 11.4. The van der Waals surface area contributed by atoms with Crippen molar-refractivity contribution in [2.75, 3.05) is 29.5 Å². The van der Waals surface area contributed by atoms with Crippen LogP contribution in [0.1, 0.15) is 25.7 Å². The standard InChI is InChI=1S/C15H23N7O6S2/c16-7-3-1-2-4-8-18-14-20-13(17)21-15(22-14)19-11-9-10(30(24,25)26)5-6-12(11)29-28-27-23/h5-6,9,23H,1-4,7-8,16H2,(H,24,25,26)(H4,17,18,19,20,21,22). The average molecular weight is 462 g/mol. The second-order valence-corrected chi connectivity index (χ2v) is 8.12. The molecule has 0 aliphatic heterocycles. The fourth-order valence-electron chi connectivity index (χ4n) is 2.36. The monoisotopic (exact) mass is 461 g/mol. The first-order valence-electron chi connectivity index (χ1n) is 8.82. The predicted octanol–water partition coefficient (Wildman–Crippen LogP) is 1.80. The summed E-state index contributed by atoms with van der Waals surface area (Å²) in [6, 6.07) is 3.59. The summed E-state index contributed by atoms with van der Waals surface area (Å²) >= 11 is 0.579. The molecule has 1 aromatic heterocycles. The van der Waals surface area contributed by atoms with Crippen molar-refractivity contribution in [2.45, 2.75) is 35.5 Å². The van der Waals surface area contributed by atoms with Crippen molar-refractivity contribution in [3.05, 3.63) is 18.2 Å². The molecule has 0 fully saturated rings. The molecule has 0 radical (unpaired) electrons. The van der Waals surface area contributed by atoms with Crippen molar-refractivity contribution in [3.63, 3.8) is 0 Å². The Hall–Kier alpha value is -2.27. The van der Waals surface area contributed by atoms with E-state index in [1.165, 1.54) is 6.07 Å². The largest absolute Gasteiger partial charge is 0.368 e. The maximum Gasteiger partial charge on any atom is 0.294 e. The molecule has 13 nitrogen and oxygen atoms in total. The van der Waals surface area contributed by atoms with Gasteiger partial charge < -0.3 is 22.1 Å². The van der Waals surface area contributed by atoms with E-state index in [0.29, 0.717) is 30.0 Å². The number of nitrogens with two attached hydrogens (primary N) is 2. The SMILES string of the molecule is NCCCCCCNc1nc(N)nc(Nc2cc(S(=O)(=O)O)ccc2SOOO)n1. The molecular weight excluding hydrogens is 438 g/mol. The Balaban J connectivity index is 2.16. The second kappa shape index (κ2) is 11.8. The Kier molecular flexibility index (Phi) is 9.44. The summed E-state index contributed by atoms with van der Waals surface area (Å²) in [7, 11) is -4.46. The number of rotatable bonds is 13. The molecule has 0 unspecified atom stereocenters. The average Bonchev–Trinajstić information content (AvgIpc) is 2.68. The fourth-order valence-corrected chi connectivity index (χ4v) is 3.30. The van der Waals surface area contributed by atoms with Gasteiger partial charge in [0, 0.05) is 6.54 Å². The highest BCUT2D eigenvalue weighted by Gasteiger charge is 2.15. The van der Waals surface area contributed by atoms with Crippen LogP contribution in [0, 0.1) is 0 Å². The van der Waals surface area contributed by atoms with E-state index in [0.717, 1.165) is 37.8 Å². The molecule has 0 bridgehead atoms. The van der Waals surface area contributed by atoms with Crippen LogP contribution >= 0.6 is 12.0 Å². The Labute approximate surface area is 177 Å². The summed E-state index contributed by atoms with van der Waals surface area (Å²) < 4.78 is 36.5. The van der Waals surface area contributed by atoms with Crippen LogP contribution in [0.4, 0.5) is 23.5 Å². The summed E-state index contributed by atoms with van der Waals surface area (Å²) in [5.41, 5.74) is 11.3. The van der Waals surface area contributed by atoms with Gasteiger partial charge in [-0.25, -0.2) is 5.26 Å². The zero-order chi connectivity index (χ0) is 22.0. The zero-order valence-electron chi connectivity index (χ0n) is 15.8. The molecule has 1 heterocycles.